The van der Waals surface area contributed by atoms with E-state index in [-0.39, 0.29) is 11.9 Å². The van der Waals surface area contributed by atoms with Gasteiger partial charge in [0.05, 0.1) is 0 Å². The number of hydrogen-bond acceptors (Lipinski definition) is 10. The van der Waals surface area contributed by atoms with Gasteiger partial charge in [-0.1, -0.05) is 0 Å². The first-order valence-electron chi connectivity index (χ1n) is 3.37. The van der Waals surface area contributed by atoms with Crippen LogP contribution in [0.3, 0.4) is 0 Å². The van der Waals surface area contributed by atoms with Crippen LogP contribution in [-0.2, 0) is 0 Å². The zero-order valence-corrected chi connectivity index (χ0v) is 6.63. The lowest BCUT2D eigenvalue weighted by Crippen LogP contribution is -1.88. The molecule has 0 aliphatic carbocycles. The maximum Gasteiger partial charge on any atom is 0.306 e. The number of nitrogens with zero attached hydrogens (tertiary/aromatic N) is 10. The Bertz CT molecular complexity index is 369. The molecule has 0 saturated carbocycles. The van der Waals surface area contributed by atoms with Gasteiger partial charge in [-0.15, -0.1) is 51.0 Å². The highest BCUT2D eigenvalue weighted by Crippen LogP contribution is 2.03. The molecule has 2 aromatic heterocycles. The topological polar surface area (TPSA) is 128 Å². The molecule has 10 heteroatoms. The summed E-state index contributed by atoms with van der Waals surface area (Å²) in [6.45, 7) is 0. The van der Waals surface area contributed by atoms with Crippen LogP contribution in [0.4, 0.5) is 11.9 Å². The van der Waals surface area contributed by atoms with Gasteiger partial charge in [0.1, 0.15) is 0 Å². The molecule has 0 unspecified atom stereocenters. The number of rotatable bonds is 2. The van der Waals surface area contributed by atoms with Gasteiger partial charge in [0.2, 0.25) is 0 Å². The minimum absolute atomic E-state index is 0.0138. The standard InChI is InChI=1S/C4H2N10/c1-5-9-3(10-6-1)13-14-4-11-7-2-8-12-4/h1-2H/b14-13+. The van der Waals surface area contributed by atoms with Crippen molar-refractivity contribution in [1.29, 1.82) is 0 Å². The Morgan fingerprint density at radius 3 is 1.36 bits per heavy atom. The molecule has 68 valence electrons. The van der Waals surface area contributed by atoms with Crippen molar-refractivity contribution in [2.45, 2.75) is 0 Å². The molecule has 0 spiro atoms. The van der Waals surface area contributed by atoms with E-state index in [1.165, 1.54) is 12.7 Å². The summed E-state index contributed by atoms with van der Waals surface area (Å²) in [5.74, 6) is 0.0277. The van der Waals surface area contributed by atoms with Gasteiger partial charge >= 0.3 is 11.9 Å². The fraction of sp³-hybridized carbons (Fsp3) is 0. The molecular formula is C4H2N10. The summed E-state index contributed by atoms with van der Waals surface area (Å²) in [6.07, 6.45) is 2.36. The van der Waals surface area contributed by atoms with Crippen molar-refractivity contribution < 1.29 is 0 Å². The summed E-state index contributed by atoms with van der Waals surface area (Å²) >= 11 is 0. The number of azo groups is 1. The van der Waals surface area contributed by atoms with Crippen LogP contribution in [0.5, 0.6) is 0 Å². The molecule has 0 atom stereocenters. The third-order valence-corrected chi connectivity index (χ3v) is 1.02. The summed E-state index contributed by atoms with van der Waals surface area (Å²) in [5.41, 5.74) is 0. The Balaban J connectivity index is 2.16. The third-order valence-electron chi connectivity index (χ3n) is 1.02. The highest BCUT2D eigenvalue weighted by Gasteiger charge is 1.94. The zero-order valence-electron chi connectivity index (χ0n) is 6.63. The minimum atomic E-state index is 0.0138. The molecule has 0 aromatic carbocycles. The highest BCUT2D eigenvalue weighted by atomic mass is 15.4. The lowest BCUT2D eigenvalue weighted by Gasteiger charge is -1.85. The second-order valence-electron chi connectivity index (χ2n) is 1.89. The van der Waals surface area contributed by atoms with E-state index >= 15 is 0 Å². The van der Waals surface area contributed by atoms with Crippen molar-refractivity contribution in [1.82, 2.24) is 40.8 Å². The van der Waals surface area contributed by atoms with Crippen molar-refractivity contribution >= 4 is 11.9 Å². The van der Waals surface area contributed by atoms with Crippen LogP contribution in [-0.4, -0.2) is 40.8 Å². The van der Waals surface area contributed by atoms with Crippen molar-refractivity contribution in [2.75, 3.05) is 0 Å². The molecule has 0 fully saturated rings. The minimum Gasteiger partial charge on any atom is -0.133 e. The monoisotopic (exact) mass is 190 g/mol. The quantitative estimate of drug-likeness (QED) is 0.566. The third kappa shape index (κ3) is 2.00. The molecule has 14 heavy (non-hydrogen) atoms. The van der Waals surface area contributed by atoms with Crippen LogP contribution in [0, 0.1) is 0 Å². The Morgan fingerprint density at radius 1 is 0.643 bits per heavy atom. The van der Waals surface area contributed by atoms with Crippen LogP contribution in [0.2, 0.25) is 0 Å². The van der Waals surface area contributed by atoms with Crippen LogP contribution >= 0.6 is 0 Å². The van der Waals surface area contributed by atoms with E-state index in [4.69, 9.17) is 0 Å². The molecule has 0 amide bonds. The maximum atomic E-state index is 3.55. The zero-order chi connectivity index (χ0) is 9.64. The second-order valence-corrected chi connectivity index (χ2v) is 1.89. The molecule has 0 N–H and O–H groups in total. The predicted molar refractivity (Wildman–Crippen MR) is 39.4 cm³/mol. The summed E-state index contributed by atoms with van der Waals surface area (Å²) in [4.78, 5) is 0. The maximum absolute atomic E-state index is 3.55. The van der Waals surface area contributed by atoms with E-state index in [2.05, 4.69) is 51.0 Å². The fourth-order valence-corrected chi connectivity index (χ4v) is 0.565. The van der Waals surface area contributed by atoms with E-state index in [0.29, 0.717) is 0 Å². The normalized spacial score (nSPS) is 10.6. The highest BCUT2D eigenvalue weighted by molar-refractivity contribution is 5.10. The van der Waals surface area contributed by atoms with Crippen molar-refractivity contribution in [3.05, 3.63) is 12.7 Å². The summed E-state index contributed by atoms with van der Waals surface area (Å²) < 4.78 is 0. The van der Waals surface area contributed by atoms with Gasteiger partial charge in [0.15, 0.2) is 12.7 Å². The smallest absolute Gasteiger partial charge is 0.133 e. The van der Waals surface area contributed by atoms with E-state index in [1.54, 1.807) is 0 Å². The Hall–Kier alpha value is -2.52. The number of hydrogen-bond donors (Lipinski definition) is 0. The molecule has 10 nitrogen and oxygen atoms in total. The molecule has 2 aromatic rings. The van der Waals surface area contributed by atoms with E-state index < -0.39 is 0 Å². The molecular weight excluding hydrogens is 188 g/mol. The van der Waals surface area contributed by atoms with Gasteiger partial charge in [-0.25, -0.2) is 0 Å². The molecule has 0 saturated heterocycles. The summed E-state index contributed by atoms with van der Waals surface area (Å²) in [6, 6.07) is 0. The van der Waals surface area contributed by atoms with Crippen molar-refractivity contribution in [3.63, 3.8) is 0 Å². The SMILES string of the molecule is c1nnc(/N=N/c2nncnn2)nn1. The Labute approximate surface area is 76.6 Å². The molecule has 0 aliphatic rings. The van der Waals surface area contributed by atoms with Gasteiger partial charge in [-0.05, 0) is 0 Å². The number of aromatic nitrogens is 8. The second kappa shape index (κ2) is 3.93. The van der Waals surface area contributed by atoms with Gasteiger partial charge in [0, 0.05) is 0 Å². The van der Waals surface area contributed by atoms with Gasteiger partial charge in [0.25, 0.3) is 0 Å². The molecule has 2 heterocycles. The average molecular weight is 190 g/mol. The lowest BCUT2D eigenvalue weighted by atomic mass is 11.0. The van der Waals surface area contributed by atoms with Crippen LogP contribution in [0.25, 0.3) is 0 Å². The van der Waals surface area contributed by atoms with E-state index in [0.717, 1.165) is 0 Å². The fourth-order valence-electron chi connectivity index (χ4n) is 0.565. The Kier molecular flexibility index (Phi) is 2.27. The van der Waals surface area contributed by atoms with Gasteiger partial charge < -0.3 is 0 Å². The largest absolute Gasteiger partial charge is 0.306 e. The van der Waals surface area contributed by atoms with E-state index in [1.807, 2.05) is 0 Å². The van der Waals surface area contributed by atoms with Crippen molar-refractivity contribution in [2.24, 2.45) is 10.2 Å². The molecule has 0 bridgehead atoms. The molecule has 0 aliphatic heterocycles. The van der Waals surface area contributed by atoms with Crippen LogP contribution < -0.4 is 0 Å². The van der Waals surface area contributed by atoms with Crippen LogP contribution in [0.1, 0.15) is 0 Å². The first-order chi connectivity index (χ1) is 6.95. The first-order valence-corrected chi connectivity index (χ1v) is 3.37. The lowest BCUT2D eigenvalue weighted by molar-refractivity contribution is 0.813. The van der Waals surface area contributed by atoms with Crippen molar-refractivity contribution in [3.8, 4) is 0 Å². The predicted octanol–water partition coefficient (Wildman–Crippen LogP) is -0.738. The summed E-state index contributed by atoms with van der Waals surface area (Å²) in [7, 11) is 0. The summed E-state index contributed by atoms with van der Waals surface area (Å²) in [5, 5.41) is 34.9. The van der Waals surface area contributed by atoms with Gasteiger partial charge in [-0.2, -0.15) is 0 Å². The Morgan fingerprint density at radius 2 is 1.00 bits per heavy atom. The molecule has 2 rings (SSSR count). The van der Waals surface area contributed by atoms with Gasteiger partial charge in [-0.3, -0.25) is 0 Å². The first kappa shape index (κ1) is 8.10. The average Bonchev–Trinajstić information content (AvgIpc) is 2.29. The molecule has 0 radical (unpaired) electrons. The van der Waals surface area contributed by atoms with Crippen LogP contribution in [0.15, 0.2) is 22.9 Å². The van der Waals surface area contributed by atoms with E-state index in [9.17, 15) is 0 Å².